The van der Waals surface area contributed by atoms with Gasteiger partial charge in [0.25, 0.3) is 0 Å². The zero-order chi connectivity index (χ0) is 16.8. The minimum absolute atomic E-state index is 0.160. The Hall–Kier alpha value is -2.41. The van der Waals surface area contributed by atoms with Crippen LogP contribution in [0, 0.1) is 5.92 Å². The Morgan fingerprint density at radius 2 is 2.12 bits per heavy atom. The lowest BCUT2D eigenvalue weighted by atomic mass is 10.1. The largest absolute Gasteiger partial charge is 0.338 e. The summed E-state index contributed by atoms with van der Waals surface area (Å²) in [4.78, 5) is 14.4. The van der Waals surface area contributed by atoms with Gasteiger partial charge in [-0.15, -0.1) is 10.2 Å². The summed E-state index contributed by atoms with van der Waals surface area (Å²) in [5.74, 6) is 1.25. The molecule has 3 rings (SSSR count). The van der Waals surface area contributed by atoms with E-state index in [0.717, 1.165) is 31.7 Å². The Labute approximate surface area is 142 Å². The van der Waals surface area contributed by atoms with Gasteiger partial charge in [-0.1, -0.05) is 25.1 Å². The molecule has 1 aromatic carbocycles. The van der Waals surface area contributed by atoms with Gasteiger partial charge >= 0.3 is 6.03 Å². The number of hydrogen-bond donors (Lipinski definition) is 2. The van der Waals surface area contributed by atoms with Crippen LogP contribution in [0.3, 0.4) is 0 Å². The second kappa shape index (κ2) is 7.92. The number of benzene rings is 1. The fourth-order valence-corrected chi connectivity index (χ4v) is 3.01. The summed E-state index contributed by atoms with van der Waals surface area (Å²) < 4.78 is 1.87. The predicted octanol–water partition coefficient (Wildman–Crippen LogP) is 1.41. The van der Waals surface area contributed by atoms with Crippen molar-refractivity contribution in [3.05, 3.63) is 42.5 Å². The normalized spacial score (nSPS) is 17.8. The van der Waals surface area contributed by atoms with E-state index in [1.165, 1.54) is 0 Å². The molecule has 1 aliphatic heterocycles. The highest BCUT2D eigenvalue weighted by Gasteiger charge is 2.21. The minimum atomic E-state index is -0.160. The van der Waals surface area contributed by atoms with Gasteiger partial charge in [-0.25, -0.2) is 4.79 Å². The highest BCUT2D eigenvalue weighted by molar-refractivity contribution is 5.73. The Morgan fingerprint density at radius 3 is 2.88 bits per heavy atom. The molecule has 0 unspecified atom stereocenters. The number of para-hydroxylation sites is 1. The van der Waals surface area contributed by atoms with E-state index >= 15 is 0 Å². The maximum Gasteiger partial charge on any atom is 0.315 e. The molecule has 1 fully saturated rings. The van der Waals surface area contributed by atoms with Gasteiger partial charge in [-0.2, -0.15) is 0 Å². The van der Waals surface area contributed by atoms with E-state index in [1.807, 2.05) is 34.9 Å². The van der Waals surface area contributed by atoms with Gasteiger partial charge in [-0.3, -0.25) is 4.57 Å². The molecule has 24 heavy (non-hydrogen) atoms. The van der Waals surface area contributed by atoms with Crippen molar-refractivity contribution in [2.24, 2.45) is 5.92 Å². The molecule has 2 heterocycles. The van der Waals surface area contributed by atoms with Crippen LogP contribution < -0.4 is 10.6 Å². The molecule has 128 valence electrons. The molecular formula is C17H24N6O. The molecule has 0 aliphatic carbocycles. The van der Waals surface area contributed by atoms with Crippen LogP contribution in [0.15, 0.2) is 36.7 Å². The quantitative estimate of drug-likeness (QED) is 0.841. The van der Waals surface area contributed by atoms with Crippen LogP contribution in [0.2, 0.25) is 0 Å². The summed E-state index contributed by atoms with van der Waals surface area (Å²) in [6.07, 6.45) is 2.80. The molecule has 1 aromatic heterocycles. The SMILES string of the molecule is CCN1CC[C@H](CNC(=O)NCc2nncn2-c2ccccc2)C1. The number of urea groups is 1. The number of likely N-dealkylation sites (tertiary alicyclic amines) is 1. The highest BCUT2D eigenvalue weighted by atomic mass is 16.2. The first kappa shape index (κ1) is 16.4. The van der Waals surface area contributed by atoms with Gasteiger partial charge in [0.05, 0.1) is 6.54 Å². The van der Waals surface area contributed by atoms with Gasteiger partial charge in [0.1, 0.15) is 6.33 Å². The molecule has 7 nitrogen and oxygen atoms in total. The Balaban J connectivity index is 1.46. The van der Waals surface area contributed by atoms with Crippen LogP contribution in [0.5, 0.6) is 0 Å². The predicted molar refractivity (Wildman–Crippen MR) is 91.8 cm³/mol. The summed E-state index contributed by atoms with van der Waals surface area (Å²) >= 11 is 0. The van der Waals surface area contributed by atoms with Crippen molar-refractivity contribution in [2.45, 2.75) is 19.9 Å². The van der Waals surface area contributed by atoms with Crippen molar-refractivity contribution in [3.8, 4) is 5.69 Å². The number of aromatic nitrogens is 3. The molecule has 0 saturated carbocycles. The molecule has 2 N–H and O–H groups in total. The fourth-order valence-electron chi connectivity index (χ4n) is 3.01. The molecule has 1 atom stereocenters. The number of hydrogen-bond acceptors (Lipinski definition) is 4. The highest BCUT2D eigenvalue weighted by Crippen LogP contribution is 2.14. The van der Waals surface area contributed by atoms with E-state index in [-0.39, 0.29) is 6.03 Å². The maximum absolute atomic E-state index is 12.0. The second-order valence-corrected chi connectivity index (χ2v) is 6.06. The average molecular weight is 328 g/mol. The minimum Gasteiger partial charge on any atom is -0.338 e. The Bertz CT molecular complexity index is 656. The van der Waals surface area contributed by atoms with Crippen molar-refractivity contribution < 1.29 is 4.79 Å². The number of nitrogens with zero attached hydrogens (tertiary/aromatic N) is 4. The van der Waals surface area contributed by atoms with E-state index in [2.05, 4.69) is 32.7 Å². The average Bonchev–Trinajstić information content (AvgIpc) is 3.28. The molecule has 0 radical (unpaired) electrons. The summed E-state index contributed by atoms with van der Waals surface area (Å²) in [7, 11) is 0. The van der Waals surface area contributed by atoms with Gasteiger partial charge in [0.15, 0.2) is 5.82 Å². The molecule has 0 spiro atoms. The van der Waals surface area contributed by atoms with Gasteiger partial charge in [-0.05, 0) is 37.6 Å². The van der Waals surface area contributed by atoms with Crippen LogP contribution >= 0.6 is 0 Å². The Morgan fingerprint density at radius 1 is 1.29 bits per heavy atom. The number of nitrogens with one attached hydrogen (secondary N) is 2. The molecule has 7 heteroatoms. The summed E-state index contributed by atoms with van der Waals surface area (Å²) in [6, 6.07) is 9.68. The van der Waals surface area contributed by atoms with E-state index in [4.69, 9.17) is 0 Å². The summed E-state index contributed by atoms with van der Waals surface area (Å²) in [5, 5.41) is 13.8. The fraction of sp³-hybridized carbons (Fsp3) is 0.471. The van der Waals surface area contributed by atoms with Crippen LogP contribution in [0.25, 0.3) is 5.69 Å². The van der Waals surface area contributed by atoms with Crippen molar-refractivity contribution in [1.29, 1.82) is 0 Å². The van der Waals surface area contributed by atoms with E-state index in [1.54, 1.807) is 6.33 Å². The second-order valence-electron chi connectivity index (χ2n) is 6.06. The van der Waals surface area contributed by atoms with Crippen LogP contribution in [-0.4, -0.2) is 51.9 Å². The third-order valence-corrected chi connectivity index (χ3v) is 4.43. The topological polar surface area (TPSA) is 75.1 Å². The van der Waals surface area contributed by atoms with Crippen molar-refractivity contribution in [2.75, 3.05) is 26.2 Å². The number of rotatable bonds is 6. The van der Waals surface area contributed by atoms with Crippen molar-refractivity contribution in [1.82, 2.24) is 30.3 Å². The first-order chi connectivity index (χ1) is 11.8. The van der Waals surface area contributed by atoms with Crippen LogP contribution in [0.4, 0.5) is 4.79 Å². The third kappa shape index (κ3) is 4.11. The van der Waals surface area contributed by atoms with Crippen molar-refractivity contribution >= 4 is 6.03 Å². The standard InChI is InChI=1S/C17H24N6O/c1-2-22-9-8-14(12-22)10-18-17(24)19-11-16-21-20-13-23(16)15-6-4-3-5-7-15/h3-7,13-14H,2,8-12H2,1H3,(H2,18,19,24)/t14-/m1/s1. The maximum atomic E-state index is 12.0. The number of amides is 2. The lowest BCUT2D eigenvalue weighted by Gasteiger charge is -2.14. The van der Waals surface area contributed by atoms with Crippen LogP contribution in [0.1, 0.15) is 19.2 Å². The van der Waals surface area contributed by atoms with E-state index < -0.39 is 0 Å². The zero-order valence-electron chi connectivity index (χ0n) is 14.0. The first-order valence-electron chi connectivity index (χ1n) is 8.44. The molecule has 0 bridgehead atoms. The number of carbonyl (C=O) groups excluding carboxylic acids is 1. The monoisotopic (exact) mass is 328 g/mol. The molecular weight excluding hydrogens is 304 g/mol. The first-order valence-corrected chi connectivity index (χ1v) is 8.44. The lowest BCUT2D eigenvalue weighted by Crippen LogP contribution is -2.38. The van der Waals surface area contributed by atoms with Crippen molar-refractivity contribution in [3.63, 3.8) is 0 Å². The summed E-state index contributed by atoms with van der Waals surface area (Å²) in [5.41, 5.74) is 0.977. The van der Waals surface area contributed by atoms with Gasteiger partial charge in [0.2, 0.25) is 0 Å². The molecule has 2 amide bonds. The molecule has 2 aromatic rings. The smallest absolute Gasteiger partial charge is 0.315 e. The number of carbonyl (C=O) groups is 1. The van der Waals surface area contributed by atoms with Gasteiger partial charge in [0, 0.05) is 18.8 Å². The Kier molecular flexibility index (Phi) is 5.43. The zero-order valence-corrected chi connectivity index (χ0v) is 14.0. The molecule has 1 aliphatic rings. The molecule has 1 saturated heterocycles. The third-order valence-electron chi connectivity index (χ3n) is 4.43. The summed E-state index contributed by atoms with van der Waals surface area (Å²) in [6.45, 7) is 6.51. The van der Waals surface area contributed by atoms with Crippen LogP contribution in [-0.2, 0) is 6.54 Å². The van der Waals surface area contributed by atoms with E-state index in [9.17, 15) is 4.79 Å². The lowest BCUT2D eigenvalue weighted by molar-refractivity contribution is 0.238. The van der Waals surface area contributed by atoms with Gasteiger partial charge < -0.3 is 15.5 Å². The van der Waals surface area contributed by atoms with E-state index in [0.29, 0.717) is 24.8 Å².